The van der Waals surface area contributed by atoms with E-state index in [4.69, 9.17) is 4.74 Å². The van der Waals surface area contributed by atoms with Gasteiger partial charge in [0.15, 0.2) is 0 Å². The molecule has 20 heavy (non-hydrogen) atoms. The molecule has 1 aromatic carbocycles. The van der Waals surface area contributed by atoms with Gasteiger partial charge in [0.25, 0.3) is 0 Å². The van der Waals surface area contributed by atoms with Gasteiger partial charge in [-0.15, -0.1) is 0 Å². The molecule has 4 heteroatoms. The van der Waals surface area contributed by atoms with Crippen LogP contribution < -0.4 is 4.74 Å². The van der Waals surface area contributed by atoms with Crippen LogP contribution >= 0.6 is 15.9 Å². The summed E-state index contributed by atoms with van der Waals surface area (Å²) in [7, 11) is 1.64. The van der Waals surface area contributed by atoms with Gasteiger partial charge in [-0.2, -0.15) is 0 Å². The summed E-state index contributed by atoms with van der Waals surface area (Å²) >= 11 is 3.52. The Morgan fingerprint density at radius 2 is 2.10 bits per heavy atom. The second kappa shape index (κ2) is 6.86. The lowest BCUT2D eigenvalue weighted by Gasteiger charge is -2.16. The first-order valence-corrected chi connectivity index (χ1v) is 7.38. The lowest BCUT2D eigenvalue weighted by atomic mass is 9.97. The predicted molar refractivity (Wildman–Crippen MR) is 83.0 cm³/mol. The molecule has 0 aliphatic carbocycles. The van der Waals surface area contributed by atoms with Gasteiger partial charge in [-0.3, -0.25) is 4.98 Å². The minimum atomic E-state index is -0.545. The summed E-state index contributed by atoms with van der Waals surface area (Å²) < 4.78 is 6.21. The third-order valence-electron chi connectivity index (χ3n) is 3.35. The molecule has 0 saturated heterocycles. The average Bonchev–Trinajstić information content (AvgIpc) is 2.49. The Balaban J connectivity index is 2.25. The Labute approximate surface area is 127 Å². The minimum absolute atomic E-state index is 0.537. The van der Waals surface area contributed by atoms with Gasteiger partial charge in [0.05, 0.1) is 13.2 Å². The molecular formula is C16H18BrNO2. The van der Waals surface area contributed by atoms with Gasteiger partial charge >= 0.3 is 0 Å². The van der Waals surface area contributed by atoms with Gasteiger partial charge in [0.1, 0.15) is 5.75 Å². The Hall–Kier alpha value is -1.39. The third kappa shape index (κ3) is 3.38. The molecule has 3 nitrogen and oxygen atoms in total. The largest absolute Gasteiger partial charge is 0.497 e. The van der Waals surface area contributed by atoms with E-state index >= 15 is 0 Å². The molecule has 1 N–H and O–H groups in total. The van der Waals surface area contributed by atoms with E-state index in [1.54, 1.807) is 13.3 Å². The van der Waals surface area contributed by atoms with Crippen molar-refractivity contribution in [3.8, 4) is 5.75 Å². The Morgan fingerprint density at radius 3 is 2.80 bits per heavy atom. The number of methoxy groups -OCH3 is 1. The summed E-state index contributed by atoms with van der Waals surface area (Å²) in [6.45, 7) is 2.06. The van der Waals surface area contributed by atoms with Crippen molar-refractivity contribution in [1.29, 1.82) is 0 Å². The molecule has 0 fully saturated rings. The van der Waals surface area contributed by atoms with Crippen LogP contribution in [0.5, 0.6) is 5.75 Å². The molecule has 0 radical (unpaired) electrons. The van der Waals surface area contributed by atoms with Gasteiger partial charge < -0.3 is 9.84 Å². The minimum Gasteiger partial charge on any atom is -0.497 e. The number of aromatic nitrogens is 1. The van der Waals surface area contributed by atoms with Crippen LogP contribution in [0.4, 0.5) is 0 Å². The number of halogens is 1. The van der Waals surface area contributed by atoms with Crippen molar-refractivity contribution < 1.29 is 9.84 Å². The molecule has 0 saturated carbocycles. The van der Waals surface area contributed by atoms with Crippen LogP contribution in [0.1, 0.15) is 29.7 Å². The zero-order chi connectivity index (χ0) is 14.5. The van der Waals surface area contributed by atoms with Crippen LogP contribution in [0.25, 0.3) is 0 Å². The summed E-state index contributed by atoms with van der Waals surface area (Å²) in [6, 6.07) is 7.66. The van der Waals surface area contributed by atoms with E-state index in [0.717, 1.165) is 33.3 Å². The number of nitrogens with zero attached hydrogens (tertiary/aromatic N) is 1. The number of hydrogen-bond acceptors (Lipinski definition) is 3. The first-order chi connectivity index (χ1) is 9.65. The Morgan fingerprint density at radius 1 is 1.30 bits per heavy atom. The monoisotopic (exact) mass is 335 g/mol. The number of aliphatic hydroxyl groups is 1. The fourth-order valence-corrected chi connectivity index (χ4v) is 2.62. The second-order valence-corrected chi connectivity index (χ2v) is 5.46. The van der Waals surface area contributed by atoms with Crippen LogP contribution in [-0.4, -0.2) is 17.2 Å². The Kier molecular flexibility index (Phi) is 5.15. The summed E-state index contributed by atoms with van der Waals surface area (Å²) in [4.78, 5) is 4.11. The smallest absolute Gasteiger partial charge is 0.119 e. The highest BCUT2D eigenvalue weighted by Crippen LogP contribution is 2.28. The SMILES string of the molecule is CCc1cnccc1C(O)Cc1cc(OC)ccc1Br. The van der Waals surface area contributed by atoms with Crippen LogP contribution in [0.3, 0.4) is 0 Å². The maximum atomic E-state index is 10.5. The topological polar surface area (TPSA) is 42.4 Å². The number of aryl methyl sites for hydroxylation is 1. The van der Waals surface area contributed by atoms with E-state index in [0.29, 0.717) is 6.42 Å². The molecule has 1 aromatic heterocycles. The lowest BCUT2D eigenvalue weighted by molar-refractivity contribution is 0.177. The second-order valence-electron chi connectivity index (χ2n) is 4.61. The van der Waals surface area contributed by atoms with Crippen LogP contribution in [0.15, 0.2) is 41.1 Å². The lowest BCUT2D eigenvalue weighted by Crippen LogP contribution is -2.06. The maximum Gasteiger partial charge on any atom is 0.119 e. The van der Waals surface area contributed by atoms with E-state index in [9.17, 15) is 5.11 Å². The zero-order valence-corrected chi connectivity index (χ0v) is 13.2. The first-order valence-electron chi connectivity index (χ1n) is 6.59. The standard InChI is InChI=1S/C16H18BrNO2/c1-3-11-10-18-7-6-14(11)16(19)9-12-8-13(20-2)4-5-15(12)17/h4-8,10,16,19H,3,9H2,1-2H3. The molecule has 1 unspecified atom stereocenters. The zero-order valence-electron chi connectivity index (χ0n) is 11.6. The highest BCUT2D eigenvalue weighted by atomic mass is 79.9. The molecule has 2 aromatic rings. The Bertz CT molecular complexity index is 586. The van der Waals surface area contributed by atoms with Crippen molar-refractivity contribution in [2.75, 3.05) is 7.11 Å². The molecule has 0 aliphatic heterocycles. The van der Waals surface area contributed by atoms with Gasteiger partial charge in [-0.1, -0.05) is 22.9 Å². The van der Waals surface area contributed by atoms with Crippen LogP contribution in [-0.2, 0) is 12.8 Å². The summed E-state index contributed by atoms with van der Waals surface area (Å²) in [5, 5.41) is 10.5. The first kappa shape index (κ1) is 15.0. The number of pyridine rings is 1. The fraction of sp³-hybridized carbons (Fsp3) is 0.312. The molecule has 0 spiro atoms. The maximum absolute atomic E-state index is 10.5. The molecule has 0 amide bonds. The van der Waals surface area contributed by atoms with Crippen molar-refractivity contribution in [2.45, 2.75) is 25.9 Å². The van der Waals surface area contributed by atoms with Gasteiger partial charge in [0.2, 0.25) is 0 Å². The summed E-state index contributed by atoms with van der Waals surface area (Å²) in [5.41, 5.74) is 3.05. The molecule has 1 atom stereocenters. The van der Waals surface area contributed by atoms with E-state index < -0.39 is 6.10 Å². The van der Waals surface area contributed by atoms with E-state index in [-0.39, 0.29) is 0 Å². The number of benzene rings is 1. The molecule has 0 aliphatic rings. The van der Waals surface area contributed by atoms with Crippen molar-refractivity contribution in [1.82, 2.24) is 4.98 Å². The number of hydrogen-bond donors (Lipinski definition) is 1. The summed E-state index contributed by atoms with van der Waals surface area (Å²) in [5.74, 6) is 0.792. The quantitative estimate of drug-likeness (QED) is 0.905. The fourth-order valence-electron chi connectivity index (χ4n) is 2.21. The molecule has 106 valence electrons. The predicted octanol–water partition coefficient (Wildman–Crippen LogP) is 3.69. The normalized spacial score (nSPS) is 12.2. The number of rotatable bonds is 5. The molecule has 2 rings (SSSR count). The van der Waals surface area contributed by atoms with Crippen LogP contribution in [0, 0.1) is 0 Å². The van der Waals surface area contributed by atoms with E-state index in [2.05, 4.69) is 27.8 Å². The van der Waals surface area contributed by atoms with Crippen molar-refractivity contribution in [3.63, 3.8) is 0 Å². The van der Waals surface area contributed by atoms with Crippen molar-refractivity contribution in [2.24, 2.45) is 0 Å². The number of aliphatic hydroxyl groups excluding tert-OH is 1. The van der Waals surface area contributed by atoms with Gasteiger partial charge in [-0.05, 0) is 47.4 Å². The highest BCUT2D eigenvalue weighted by molar-refractivity contribution is 9.10. The molecular weight excluding hydrogens is 318 g/mol. The van der Waals surface area contributed by atoms with Gasteiger partial charge in [0, 0.05) is 23.3 Å². The van der Waals surface area contributed by atoms with Crippen molar-refractivity contribution >= 4 is 15.9 Å². The summed E-state index contributed by atoms with van der Waals surface area (Å²) in [6.07, 6.45) is 4.39. The van der Waals surface area contributed by atoms with E-state index in [1.807, 2.05) is 30.5 Å². The number of ether oxygens (including phenoxy) is 1. The highest BCUT2D eigenvalue weighted by Gasteiger charge is 2.14. The van der Waals surface area contributed by atoms with E-state index in [1.165, 1.54) is 0 Å². The van der Waals surface area contributed by atoms with Gasteiger partial charge in [-0.25, -0.2) is 0 Å². The molecule has 0 bridgehead atoms. The molecule has 1 heterocycles. The van der Waals surface area contributed by atoms with Crippen molar-refractivity contribution in [3.05, 3.63) is 57.8 Å². The van der Waals surface area contributed by atoms with Crippen LogP contribution in [0.2, 0.25) is 0 Å². The average molecular weight is 336 g/mol. The third-order valence-corrected chi connectivity index (χ3v) is 4.12.